The summed E-state index contributed by atoms with van der Waals surface area (Å²) in [6, 6.07) is 1.82. The van der Waals surface area contributed by atoms with E-state index in [0.29, 0.717) is 23.1 Å². The summed E-state index contributed by atoms with van der Waals surface area (Å²) < 4.78 is 5.17. The van der Waals surface area contributed by atoms with Gasteiger partial charge in [-0.2, -0.15) is 0 Å². The third kappa shape index (κ3) is 3.42. The maximum absolute atomic E-state index is 12.2. The van der Waals surface area contributed by atoms with Crippen LogP contribution in [0.1, 0.15) is 41.8 Å². The van der Waals surface area contributed by atoms with Gasteiger partial charge < -0.3 is 10.1 Å². The molecule has 5 heteroatoms. The quantitative estimate of drug-likeness (QED) is 0.843. The third-order valence-corrected chi connectivity index (χ3v) is 5.34. The molecule has 0 aromatic carbocycles. The van der Waals surface area contributed by atoms with Crippen LogP contribution < -0.4 is 10.1 Å². The number of ether oxygens (including phenoxy) is 1. The number of rotatable bonds is 5. The minimum atomic E-state index is -0.0538. The molecule has 0 aliphatic heterocycles. The zero-order valence-corrected chi connectivity index (χ0v) is 12.8. The van der Waals surface area contributed by atoms with Gasteiger partial charge in [-0.25, -0.2) is 0 Å². The molecule has 3 nitrogen and oxygen atoms in total. The number of carbonyl (C=O) groups excluding carboxylic acids is 1. The third-order valence-electron chi connectivity index (χ3n) is 3.88. The lowest BCUT2D eigenvalue weighted by atomic mass is 9.75. The van der Waals surface area contributed by atoms with Crippen molar-refractivity contribution in [2.24, 2.45) is 5.41 Å². The topological polar surface area (TPSA) is 38.3 Å². The fraction of sp³-hybridized carbons (Fsp3) is 0.643. The Bertz CT molecular complexity index is 427. The molecule has 2 rings (SSSR count). The Morgan fingerprint density at radius 3 is 2.84 bits per heavy atom. The first-order valence-electron chi connectivity index (χ1n) is 6.66. The minimum absolute atomic E-state index is 0.0538. The molecule has 0 spiro atoms. The SMILES string of the molecule is COc1ccsc1C(=O)NCC1(CCl)CCCCC1. The maximum Gasteiger partial charge on any atom is 0.265 e. The van der Waals surface area contributed by atoms with Crippen molar-refractivity contribution >= 4 is 28.8 Å². The summed E-state index contributed by atoms with van der Waals surface area (Å²) in [5, 5.41) is 4.90. The molecule has 106 valence electrons. The molecule has 1 aromatic rings. The highest BCUT2D eigenvalue weighted by atomic mass is 35.5. The van der Waals surface area contributed by atoms with E-state index in [4.69, 9.17) is 16.3 Å². The molecule has 0 unspecified atom stereocenters. The molecule has 0 atom stereocenters. The van der Waals surface area contributed by atoms with E-state index in [2.05, 4.69) is 5.32 Å². The second-order valence-corrected chi connectivity index (χ2v) is 6.38. The summed E-state index contributed by atoms with van der Waals surface area (Å²) in [5.74, 6) is 1.21. The molecule has 1 aliphatic rings. The highest BCUT2D eigenvalue weighted by Crippen LogP contribution is 2.37. The van der Waals surface area contributed by atoms with E-state index in [9.17, 15) is 4.79 Å². The van der Waals surface area contributed by atoms with Crippen LogP contribution in [0.2, 0.25) is 0 Å². The number of carbonyl (C=O) groups is 1. The fourth-order valence-corrected chi connectivity index (χ4v) is 3.77. The van der Waals surface area contributed by atoms with E-state index < -0.39 is 0 Å². The van der Waals surface area contributed by atoms with Gasteiger partial charge >= 0.3 is 0 Å². The van der Waals surface area contributed by atoms with E-state index in [0.717, 1.165) is 12.8 Å². The summed E-state index contributed by atoms with van der Waals surface area (Å²) in [6.07, 6.45) is 5.93. The zero-order chi connectivity index (χ0) is 13.7. The number of methoxy groups -OCH3 is 1. The van der Waals surface area contributed by atoms with Crippen molar-refractivity contribution in [2.45, 2.75) is 32.1 Å². The number of halogens is 1. The summed E-state index contributed by atoms with van der Waals surface area (Å²) in [4.78, 5) is 12.8. The van der Waals surface area contributed by atoms with Crippen LogP contribution >= 0.6 is 22.9 Å². The lowest BCUT2D eigenvalue weighted by Crippen LogP contribution is -2.40. The Morgan fingerprint density at radius 1 is 1.47 bits per heavy atom. The molecule has 1 amide bonds. The predicted molar refractivity (Wildman–Crippen MR) is 79.4 cm³/mol. The first kappa shape index (κ1) is 14.7. The van der Waals surface area contributed by atoms with Crippen LogP contribution in [0, 0.1) is 5.41 Å². The molecule has 0 saturated heterocycles. The van der Waals surface area contributed by atoms with Crippen molar-refractivity contribution in [1.82, 2.24) is 5.32 Å². The van der Waals surface area contributed by atoms with Gasteiger partial charge in [-0.1, -0.05) is 19.3 Å². The summed E-state index contributed by atoms with van der Waals surface area (Å²) in [6.45, 7) is 0.663. The van der Waals surface area contributed by atoms with Gasteiger partial charge in [0.25, 0.3) is 5.91 Å². The van der Waals surface area contributed by atoms with Crippen LogP contribution in [0.15, 0.2) is 11.4 Å². The standard InChI is InChI=1S/C14H20ClNO2S/c1-18-11-5-8-19-12(11)13(17)16-10-14(9-15)6-3-2-4-7-14/h5,8H,2-4,6-7,9-10H2,1H3,(H,16,17). The van der Waals surface area contributed by atoms with Gasteiger partial charge in [0.1, 0.15) is 10.6 Å². The highest BCUT2D eigenvalue weighted by molar-refractivity contribution is 7.12. The first-order chi connectivity index (χ1) is 9.21. The van der Waals surface area contributed by atoms with Gasteiger partial charge in [0, 0.05) is 17.8 Å². The van der Waals surface area contributed by atoms with Crippen LogP contribution in [0.3, 0.4) is 0 Å². The van der Waals surface area contributed by atoms with E-state index in [1.165, 1.54) is 30.6 Å². The average molecular weight is 302 g/mol. The molecule has 1 fully saturated rings. The number of amides is 1. The number of alkyl halides is 1. The van der Waals surface area contributed by atoms with Crippen LogP contribution in [0.4, 0.5) is 0 Å². The van der Waals surface area contributed by atoms with Crippen LogP contribution in [-0.2, 0) is 0 Å². The van der Waals surface area contributed by atoms with Gasteiger partial charge in [0.2, 0.25) is 0 Å². The molecule has 0 radical (unpaired) electrons. The Hall–Kier alpha value is -0.740. The molecule has 1 saturated carbocycles. The number of hydrogen-bond acceptors (Lipinski definition) is 3. The van der Waals surface area contributed by atoms with Gasteiger partial charge in [-0.15, -0.1) is 22.9 Å². The van der Waals surface area contributed by atoms with Crippen molar-refractivity contribution in [1.29, 1.82) is 0 Å². The molecule has 1 aliphatic carbocycles. The van der Waals surface area contributed by atoms with Gasteiger partial charge in [-0.3, -0.25) is 4.79 Å². The Morgan fingerprint density at radius 2 is 2.21 bits per heavy atom. The molecule has 1 aromatic heterocycles. The Kier molecular flexibility index (Phi) is 5.11. The fourth-order valence-electron chi connectivity index (χ4n) is 2.63. The molecule has 1 N–H and O–H groups in total. The van der Waals surface area contributed by atoms with Crippen molar-refractivity contribution in [3.8, 4) is 5.75 Å². The average Bonchev–Trinajstić information content (AvgIpc) is 2.94. The molecular formula is C14H20ClNO2S. The van der Waals surface area contributed by atoms with Crippen molar-refractivity contribution in [3.63, 3.8) is 0 Å². The second-order valence-electron chi connectivity index (χ2n) is 5.20. The monoisotopic (exact) mass is 301 g/mol. The summed E-state index contributed by atoms with van der Waals surface area (Å²) >= 11 is 7.54. The lowest BCUT2D eigenvalue weighted by Gasteiger charge is -2.35. The zero-order valence-electron chi connectivity index (χ0n) is 11.2. The van der Waals surface area contributed by atoms with Gasteiger partial charge in [-0.05, 0) is 24.3 Å². The van der Waals surface area contributed by atoms with Crippen molar-refractivity contribution in [2.75, 3.05) is 19.5 Å². The van der Waals surface area contributed by atoms with Gasteiger partial charge in [0.15, 0.2) is 0 Å². The molecule has 19 heavy (non-hydrogen) atoms. The van der Waals surface area contributed by atoms with E-state index in [1.54, 1.807) is 7.11 Å². The summed E-state index contributed by atoms with van der Waals surface area (Å²) in [7, 11) is 1.58. The van der Waals surface area contributed by atoms with Gasteiger partial charge in [0.05, 0.1) is 7.11 Å². The van der Waals surface area contributed by atoms with Crippen molar-refractivity contribution < 1.29 is 9.53 Å². The molecule has 1 heterocycles. The Labute approximate surface area is 123 Å². The van der Waals surface area contributed by atoms with Crippen LogP contribution in [0.25, 0.3) is 0 Å². The number of thiophene rings is 1. The van der Waals surface area contributed by atoms with E-state index in [-0.39, 0.29) is 11.3 Å². The predicted octanol–water partition coefficient (Wildman–Crippen LogP) is 3.68. The van der Waals surface area contributed by atoms with E-state index in [1.807, 2.05) is 11.4 Å². The first-order valence-corrected chi connectivity index (χ1v) is 8.08. The molecular weight excluding hydrogens is 282 g/mol. The van der Waals surface area contributed by atoms with Crippen LogP contribution in [0.5, 0.6) is 5.75 Å². The number of nitrogens with one attached hydrogen (secondary N) is 1. The number of hydrogen-bond donors (Lipinski definition) is 1. The smallest absolute Gasteiger partial charge is 0.265 e. The normalized spacial score (nSPS) is 18.0. The Balaban J connectivity index is 1.95. The molecule has 0 bridgehead atoms. The highest BCUT2D eigenvalue weighted by Gasteiger charge is 2.32. The van der Waals surface area contributed by atoms with E-state index >= 15 is 0 Å². The lowest BCUT2D eigenvalue weighted by molar-refractivity contribution is 0.0922. The second kappa shape index (κ2) is 6.62. The summed E-state index contributed by atoms with van der Waals surface area (Å²) in [5.41, 5.74) is 0.0833. The largest absolute Gasteiger partial charge is 0.495 e. The minimum Gasteiger partial charge on any atom is -0.495 e. The van der Waals surface area contributed by atoms with Crippen molar-refractivity contribution in [3.05, 3.63) is 16.3 Å². The van der Waals surface area contributed by atoms with Crippen LogP contribution in [-0.4, -0.2) is 25.4 Å². The maximum atomic E-state index is 12.2.